The van der Waals surface area contributed by atoms with Gasteiger partial charge in [0.25, 0.3) is 5.91 Å². The lowest BCUT2D eigenvalue weighted by Gasteiger charge is -2.19. The Morgan fingerprint density at radius 1 is 1.52 bits per heavy atom. The molecule has 0 radical (unpaired) electrons. The minimum atomic E-state index is -0.515. The fraction of sp³-hybridized carbons (Fsp3) is 0.333. The van der Waals surface area contributed by atoms with Crippen molar-refractivity contribution in [1.82, 2.24) is 10.5 Å². The number of benzene rings is 1. The van der Waals surface area contributed by atoms with Crippen LogP contribution in [0.25, 0.3) is 0 Å². The highest BCUT2D eigenvalue weighted by atomic mass is 35.5. The molecule has 124 valence electrons. The number of amides is 1. The average Bonchev–Trinajstić information content (AvgIpc) is 2.99. The number of aromatic nitrogens is 1. The highest BCUT2D eigenvalue weighted by Gasteiger charge is 2.19. The van der Waals surface area contributed by atoms with Crippen molar-refractivity contribution in [2.24, 2.45) is 0 Å². The average molecular weight is 342 g/mol. The lowest BCUT2D eigenvalue weighted by atomic mass is 9.99. The summed E-state index contributed by atoms with van der Waals surface area (Å²) in [5, 5.41) is 9.36. The molecule has 0 aliphatic carbocycles. The fourth-order valence-corrected chi connectivity index (χ4v) is 2.45. The Balaban J connectivity index is 0.00000192. The molecule has 0 spiro atoms. The van der Waals surface area contributed by atoms with E-state index >= 15 is 0 Å². The van der Waals surface area contributed by atoms with Crippen LogP contribution in [0.3, 0.4) is 0 Å². The van der Waals surface area contributed by atoms with Gasteiger partial charge in [-0.2, -0.15) is 0 Å². The van der Waals surface area contributed by atoms with E-state index in [4.69, 9.17) is 9.26 Å². The van der Waals surface area contributed by atoms with Crippen LogP contribution < -0.4 is 10.6 Å². The van der Waals surface area contributed by atoms with Gasteiger partial charge < -0.3 is 19.9 Å². The minimum absolute atomic E-state index is 0. The van der Waals surface area contributed by atoms with Gasteiger partial charge in [0.05, 0.1) is 5.69 Å². The van der Waals surface area contributed by atoms with E-state index in [0.717, 1.165) is 12.1 Å². The van der Waals surface area contributed by atoms with Crippen molar-refractivity contribution in [3.8, 4) is 0 Å². The number of methoxy groups -OCH3 is 1. The van der Waals surface area contributed by atoms with Crippen molar-refractivity contribution >= 4 is 24.0 Å². The van der Waals surface area contributed by atoms with Gasteiger partial charge in [-0.05, 0) is 30.2 Å². The number of rotatable bonds is 4. The zero-order chi connectivity index (χ0) is 15.5. The van der Waals surface area contributed by atoms with Gasteiger partial charge in [-0.1, -0.05) is 11.2 Å². The summed E-state index contributed by atoms with van der Waals surface area (Å²) in [6.07, 6.45) is 0.604. The molecule has 1 amide bonds. The van der Waals surface area contributed by atoms with Crippen LogP contribution in [0.15, 0.2) is 22.7 Å². The first kappa shape index (κ1) is 17.4. The van der Waals surface area contributed by atoms with Crippen LogP contribution in [0.1, 0.15) is 27.4 Å². The lowest BCUT2D eigenvalue weighted by molar-refractivity contribution is 0.101. The molecule has 23 heavy (non-hydrogen) atoms. The third-order valence-corrected chi connectivity index (χ3v) is 3.53. The Morgan fingerprint density at radius 3 is 3.13 bits per heavy atom. The van der Waals surface area contributed by atoms with Crippen molar-refractivity contribution < 1.29 is 18.4 Å². The highest BCUT2D eigenvalue weighted by Crippen LogP contribution is 2.25. The fourth-order valence-electron chi connectivity index (χ4n) is 2.45. The van der Waals surface area contributed by atoms with Crippen molar-refractivity contribution in [2.75, 3.05) is 19.0 Å². The number of anilines is 1. The van der Waals surface area contributed by atoms with Gasteiger partial charge in [-0.25, -0.2) is 4.39 Å². The second kappa shape index (κ2) is 7.54. The Labute approximate surface area is 138 Å². The molecule has 0 unspecified atom stereocenters. The van der Waals surface area contributed by atoms with Gasteiger partial charge in [0, 0.05) is 19.7 Å². The Kier molecular flexibility index (Phi) is 5.70. The molecule has 1 aromatic carbocycles. The molecule has 1 aliphatic heterocycles. The Bertz CT molecular complexity index is 705. The second-order valence-electron chi connectivity index (χ2n) is 5.06. The number of hydrogen-bond acceptors (Lipinski definition) is 5. The van der Waals surface area contributed by atoms with E-state index in [-0.39, 0.29) is 36.2 Å². The van der Waals surface area contributed by atoms with Crippen LogP contribution in [-0.2, 0) is 24.3 Å². The Hall–Kier alpha value is -1.96. The summed E-state index contributed by atoms with van der Waals surface area (Å²) in [6, 6.07) is 4.85. The third kappa shape index (κ3) is 3.69. The van der Waals surface area contributed by atoms with Crippen molar-refractivity contribution in [3.05, 3.63) is 46.6 Å². The van der Waals surface area contributed by atoms with Crippen molar-refractivity contribution in [3.63, 3.8) is 0 Å². The van der Waals surface area contributed by atoms with E-state index in [1.807, 2.05) is 6.07 Å². The largest absolute Gasteiger partial charge is 0.377 e. The van der Waals surface area contributed by atoms with E-state index in [1.54, 1.807) is 6.07 Å². The molecule has 8 heteroatoms. The summed E-state index contributed by atoms with van der Waals surface area (Å²) >= 11 is 0. The molecule has 1 aromatic heterocycles. The van der Waals surface area contributed by atoms with Gasteiger partial charge >= 0.3 is 0 Å². The first-order chi connectivity index (χ1) is 10.7. The van der Waals surface area contributed by atoms with Gasteiger partial charge in [-0.15, -0.1) is 12.4 Å². The predicted octanol–water partition coefficient (Wildman–Crippen LogP) is 2.28. The van der Waals surface area contributed by atoms with Gasteiger partial charge in [-0.3, -0.25) is 4.79 Å². The molecule has 2 aromatic rings. The second-order valence-corrected chi connectivity index (χ2v) is 5.06. The minimum Gasteiger partial charge on any atom is -0.377 e. The predicted molar refractivity (Wildman–Crippen MR) is 84.2 cm³/mol. The zero-order valence-electron chi connectivity index (χ0n) is 12.5. The van der Waals surface area contributed by atoms with Crippen LogP contribution in [0.4, 0.5) is 10.1 Å². The summed E-state index contributed by atoms with van der Waals surface area (Å²) < 4.78 is 24.3. The molecule has 1 aliphatic rings. The molecule has 0 bridgehead atoms. The van der Waals surface area contributed by atoms with E-state index in [0.29, 0.717) is 24.3 Å². The molecule has 0 atom stereocenters. The number of carbonyl (C=O) groups excluding carboxylic acids is 1. The van der Waals surface area contributed by atoms with E-state index < -0.39 is 5.91 Å². The van der Waals surface area contributed by atoms with Gasteiger partial charge in [0.1, 0.15) is 12.4 Å². The first-order valence-corrected chi connectivity index (χ1v) is 6.96. The third-order valence-electron chi connectivity index (χ3n) is 3.53. The first-order valence-electron chi connectivity index (χ1n) is 6.96. The maximum Gasteiger partial charge on any atom is 0.277 e. The quantitative estimate of drug-likeness (QED) is 0.892. The lowest BCUT2D eigenvalue weighted by Crippen LogP contribution is -2.25. The maximum atomic E-state index is 14.4. The van der Waals surface area contributed by atoms with Crippen LogP contribution in [0.2, 0.25) is 0 Å². The van der Waals surface area contributed by atoms with Crippen LogP contribution in [-0.4, -0.2) is 24.7 Å². The standard InChI is InChI=1S/C15H16FN3O3.ClH/c1-21-8-10-6-13(19-22-10)15(20)18-12-3-2-9-7-17-5-4-11(9)14(12)16;/h2-3,6,17H,4-5,7-8H2,1H3,(H,18,20);1H. The number of nitrogens with one attached hydrogen (secondary N) is 2. The molecule has 2 N–H and O–H groups in total. The number of ether oxygens (including phenoxy) is 1. The summed E-state index contributed by atoms with van der Waals surface area (Å²) in [7, 11) is 1.51. The Morgan fingerprint density at radius 2 is 2.35 bits per heavy atom. The monoisotopic (exact) mass is 341 g/mol. The maximum absolute atomic E-state index is 14.4. The number of halogens is 2. The summed E-state index contributed by atoms with van der Waals surface area (Å²) in [4.78, 5) is 12.1. The summed E-state index contributed by atoms with van der Waals surface area (Å²) in [6.45, 7) is 1.59. The van der Waals surface area contributed by atoms with Gasteiger partial charge in [0.15, 0.2) is 11.5 Å². The smallest absolute Gasteiger partial charge is 0.277 e. The SMILES string of the molecule is COCc1cc(C(=O)Nc2ccc3c(c2F)CCNC3)no1.Cl. The molecule has 3 rings (SSSR count). The zero-order valence-corrected chi connectivity index (χ0v) is 13.3. The number of hydrogen-bond donors (Lipinski definition) is 2. The summed E-state index contributed by atoms with van der Waals surface area (Å²) in [5.41, 5.74) is 1.81. The number of nitrogens with zero attached hydrogens (tertiary/aromatic N) is 1. The normalized spacial score (nSPS) is 13.1. The topological polar surface area (TPSA) is 76.4 Å². The molecule has 2 heterocycles. The van der Waals surface area contributed by atoms with E-state index in [9.17, 15) is 9.18 Å². The highest BCUT2D eigenvalue weighted by molar-refractivity contribution is 6.02. The van der Waals surface area contributed by atoms with Crippen molar-refractivity contribution in [2.45, 2.75) is 19.6 Å². The molecule has 0 fully saturated rings. The molecular weight excluding hydrogens is 325 g/mol. The van der Waals surface area contributed by atoms with Gasteiger partial charge in [0.2, 0.25) is 0 Å². The van der Waals surface area contributed by atoms with Crippen LogP contribution in [0.5, 0.6) is 0 Å². The molecule has 0 saturated carbocycles. The number of fused-ring (bicyclic) bond motifs is 1. The molecular formula is C15H17ClFN3O3. The van der Waals surface area contributed by atoms with Crippen LogP contribution >= 0.6 is 12.4 Å². The summed E-state index contributed by atoms with van der Waals surface area (Å²) in [5.74, 6) is -0.462. The molecule has 0 saturated heterocycles. The van der Waals surface area contributed by atoms with Crippen LogP contribution in [0, 0.1) is 5.82 Å². The van der Waals surface area contributed by atoms with E-state index in [1.165, 1.54) is 13.2 Å². The number of carbonyl (C=O) groups is 1. The van der Waals surface area contributed by atoms with E-state index in [2.05, 4.69) is 15.8 Å². The molecule has 6 nitrogen and oxygen atoms in total. The van der Waals surface area contributed by atoms with Crippen molar-refractivity contribution in [1.29, 1.82) is 0 Å².